The molecule has 4 rings (SSSR count). The number of nitrogens with zero attached hydrogens (tertiary/aromatic N) is 5. The summed E-state index contributed by atoms with van der Waals surface area (Å²) in [5.41, 5.74) is 2.63. The summed E-state index contributed by atoms with van der Waals surface area (Å²) in [5.74, 6) is 1.20. The number of nitrogens with one attached hydrogen (secondary N) is 1. The van der Waals surface area contributed by atoms with Crippen LogP contribution in [-0.4, -0.2) is 51.2 Å². The second-order valence-corrected chi connectivity index (χ2v) is 5.29. The highest BCUT2D eigenvalue weighted by Crippen LogP contribution is 2.24. The Morgan fingerprint density at radius 1 is 1.00 bits per heavy atom. The van der Waals surface area contributed by atoms with Gasteiger partial charge in [-0.3, -0.25) is 0 Å². The summed E-state index contributed by atoms with van der Waals surface area (Å²) in [6.07, 6.45) is 3.20. The van der Waals surface area contributed by atoms with Gasteiger partial charge in [-0.25, -0.2) is 15.0 Å². The summed E-state index contributed by atoms with van der Waals surface area (Å²) in [7, 11) is 0. The first kappa shape index (κ1) is 12.9. The number of aromatic amines is 1. The highest BCUT2D eigenvalue weighted by Gasteiger charge is 2.21. The molecule has 2 aromatic heterocycles. The fourth-order valence-corrected chi connectivity index (χ4v) is 2.86. The van der Waals surface area contributed by atoms with Crippen LogP contribution < -0.4 is 9.80 Å². The third-order valence-electron chi connectivity index (χ3n) is 3.98. The Morgan fingerprint density at radius 2 is 1.82 bits per heavy atom. The number of piperazine rings is 1. The summed E-state index contributed by atoms with van der Waals surface area (Å²) in [4.78, 5) is 20.3. The summed E-state index contributed by atoms with van der Waals surface area (Å²) in [6.45, 7) is 3.48. The van der Waals surface area contributed by atoms with Crippen LogP contribution in [0.5, 0.6) is 5.75 Å². The molecule has 2 N–H and O–H groups in total. The number of benzene rings is 1. The molecule has 0 unspecified atom stereocenters. The van der Waals surface area contributed by atoms with E-state index in [2.05, 4.69) is 29.7 Å². The van der Waals surface area contributed by atoms with E-state index in [0.29, 0.717) is 11.4 Å². The Kier molecular flexibility index (Phi) is 3.03. The molecule has 1 saturated heterocycles. The van der Waals surface area contributed by atoms with Gasteiger partial charge in [-0.1, -0.05) is 6.07 Å². The number of aromatic nitrogens is 4. The van der Waals surface area contributed by atoms with Crippen molar-refractivity contribution in [1.29, 1.82) is 0 Å². The predicted octanol–water partition coefficient (Wildman–Crippen LogP) is 1.39. The molecule has 1 aliphatic heterocycles. The molecule has 0 radical (unpaired) electrons. The van der Waals surface area contributed by atoms with E-state index in [0.717, 1.165) is 43.2 Å². The molecular weight excluding hydrogens is 280 g/mol. The average molecular weight is 296 g/mol. The van der Waals surface area contributed by atoms with E-state index in [1.807, 2.05) is 12.1 Å². The van der Waals surface area contributed by atoms with Crippen LogP contribution in [0.15, 0.2) is 36.9 Å². The largest absolute Gasteiger partial charge is 0.508 e. The predicted molar refractivity (Wildman–Crippen MR) is 84.2 cm³/mol. The number of rotatable bonds is 2. The molecule has 0 aliphatic carbocycles. The van der Waals surface area contributed by atoms with Crippen molar-refractivity contribution in [3.63, 3.8) is 0 Å². The van der Waals surface area contributed by atoms with Crippen molar-refractivity contribution in [3.05, 3.63) is 36.9 Å². The normalized spacial score (nSPS) is 15.5. The van der Waals surface area contributed by atoms with Gasteiger partial charge in [0.05, 0.1) is 6.33 Å². The van der Waals surface area contributed by atoms with E-state index in [1.165, 1.54) is 0 Å². The maximum absolute atomic E-state index is 9.60. The molecule has 3 heterocycles. The number of hydrogen-bond acceptors (Lipinski definition) is 6. The molecule has 7 nitrogen and oxygen atoms in total. The highest BCUT2D eigenvalue weighted by atomic mass is 16.3. The SMILES string of the molecule is Oc1cccc(N2CCN(c3ncnc4nc[nH]c34)CC2)c1. The van der Waals surface area contributed by atoms with Gasteiger partial charge in [-0.15, -0.1) is 0 Å². The number of imidazole rings is 1. The number of fused-ring (bicyclic) bond motifs is 1. The van der Waals surface area contributed by atoms with Gasteiger partial charge in [0.25, 0.3) is 0 Å². The van der Waals surface area contributed by atoms with Crippen LogP contribution >= 0.6 is 0 Å². The van der Waals surface area contributed by atoms with Crippen molar-refractivity contribution < 1.29 is 5.11 Å². The zero-order valence-corrected chi connectivity index (χ0v) is 12.0. The highest BCUT2D eigenvalue weighted by molar-refractivity contribution is 5.82. The molecule has 0 saturated carbocycles. The molecule has 0 amide bonds. The Bertz CT molecular complexity index is 793. The first-order chi connectivity index (χ1) is 10.8. The van der Waals surface area contributed by atoms with Crippen molar-refractivity contribution in [3.8, 4) is 5.75 Å². The van der Waals surface area contributed by atoms with E-state index in [1.54, 1.807) is 24.8 Å². The minimum Gasteiger partial charge on any atom is -0.508 e. The van der Waals surface area contributed by atoms with Gasteiger partial charge in [0.15, 0.2) is 11.5 Å². The standard InChI is InChI=1S/C15H16N6O/c22-12-3-1-2-11(8-12)20-4-6-21(7-5-20)15-13-14(17-9-16-13)18-10-19-15/h1-3,8-10,22H,4-7H2,(H,16,17,18,19). The number of anilines is 2. The lowest BCUT2D eigenvalue weighted by molar-refractivity contribution is 0.475. The minimum atomic E-state index is 0.301. The van der Waals surface area contributed by atoms with Gasteiger partial charge < -0.3 is 19.9 Å². The van der Waals surface area contributed by atoms with E-state index >= 15 is 0 Å². The molecule has 0 spiro atoms. The molecule has 1 fully saturated rings. The number of hydrogen-bond donors (Lipinski definition) is 2. The van der Waals surface area contributed by atoms with Crippen LogP contribution in [0.3, 0.4) is 0 Å². The van der Waals surface area contributed by atoms with Crippen molar-refractivity contribution in [2.45, 2.75) is 0 Å². The van der Waals surface area contributed by atoms with E-state index < -0.39 is 0 Å². The molecule has 112 valence electrons. The lowest BCUT2D eigenvalue weighted by atomic mass is 10.2. The Labute approximate surface area is 127 Å². The van der Waals surface area contributed by atoms with Crippen molar-refractivity contribution in [1.82, 2.24) is 19.9 Å². The first-order valence-electron chi connectivity index (χ1n) is 7.24. The zero-order valence-electron chi connectivity index (χ0n) is 12.0. The van der Waals surface area contributed by atoms with Crippen LogP contribution in [0.25, 0.3) is 11.2 Å². The maximum atomic E-state index is 9.60. The molecule has 7 heteroatoms. The topological polar surface area (TPSA) is 81.2 Å². The van der Waals surface area contributed by atoms with Gasteiger partial charge >= 0.3 is 0 Å². The van der Waals surface area contributed by atoms with Crippen LogP contribution in [0.1, 0.15) is 0 Å². The second-order valence-electron chi connectivity index (χ2n) is 5.29. The molecule has 0 bridgehead atoms. The van der Waals surface area contributed by atoms with Crippen LogP contribution in [-0.2, 0) is 0 Å². The average Bonchev–Trinajstić information content (AvgIpc) is 3.04. The summed E-state index contributed by atoms with van der Waals surface area (Å²) in [5, 5.41) is 9.60. The Morgan fingerprint density at radius 3 is 2.64 bits per heavy atom. The number of phenolic OH excluding ortho intramolecular Hbond substituents is 1. The number of aromatic hydroxyl groups is 1. The summed E-state index contributed by atoms with van der Waals surface area (Å²) < 4.78 is 0. The maximum Gasteiger partial charge on any atom is 0.182 e. The quantitative estimate of drug-likeness (QED) is 0.743. The lowest BCUT2D eigenvalue weighted by Crippen LogP contribution is -2.46. The monoisotopic (exact) mass is 296 g/mol. The molecule has 0 atom stereocenters. The van der Waals surface area contributed by atoms with E-state index in [4.69, 9.17) is 0 Å². The van der Waals surface area contributed by atoms with Crippen LogP contribution in [0.2, 0.25) is 0 Å². The number of H-pyrrole nitrogens is 1. The van der Waals surface area contributed by atoms with Crippen LogP contribution in [0.4, 0.5) is 11.5 Å². The first-order valence-corrected chi connectivity index (χ1v) is 7.24. The van der Waals surface area contributed by atoms with E-state index in [9.17, 15) is 5.11 Å². The summed E-state index contributed by atoms with van der Waals surface area (Å²) >= 11 is 0. The van der Waals surface area contributed by atoms with Gasteiger partial charge in [-0.05, 0) is 12.1 Å². The van der Waals surface area contributed by atoms with Crippen molar-refractivity contribution in [2.24, 2.45) is 0 Å². The lowest BCUT2D eigenvalue weighted by Gasteiger charge is -2.36. The Balaban J connectivity index is 1.53. The van der Waals surface area contributed by atoms with Gasteiger partial charge in [-0.2, -0.15) is 0 Å². The molecular formula is C15H16N6O. The summed E-state index contributed by atoms with van der Waals surface area (Å²) in [6, 6.07) is 7.38. The molecule has 22 heavy (non-hydrogen) atoms. The zero-order chi connectivity index (χ0) is 14.9. The van der Waals surface area contributed by atoms with Crippen LogP contribution in [0, 0.1) is 0 Å². The second kappa shape index (κ2) is 5.18. The smallest absolute Gasteiger partial charge is 0.182 e. The van der Waals surface area contributed by atoms with Gasteiger partial charge in [0, 0.05) is 37.9 Å². The van der Waals surface area contributed by atoms with Gasteiger partial charge in [0.2, 0.25) is 0 Å². The third-order valence-corrected chi connectivity index (χ3v) is 3.98. The van der Waals surface area contributed by atoms with E-state index in [-0.39, 0.29) is 0 Å². The van der Waals surface area contributed by atoms with Crippen molar-refractivity contribution >= 4 is 22.7 Å². The Hall–Kier alpha value is -2.83. The molecule has 1 aliphatic rings. The third kappa shape index (κ3) is 2.20. The van der Waals surface area contributed by atoms with Crippen molar-refractivity contribution in [2.75, 3.05) is 36.0 Å². The fraction of sp³-hybridized carbons (Fsp3) is 0.267. The van der Waals surface area contributed by atoms with Gasteiger partial charge in [0.1, 0.15) is 17.6 Å². The number of phenols is 1. The minimum absolute atomic E-state index is 0.301. The molecule has 1 aromatic carbocycles. The molecule has 3 aromatic rings. The fourth-order valence-electron chi connectivity index (χ4n) is 2.86.